The van der Waals surface area contributed by atoms with E-state index in [4.69, 9.17) is 4.98 Å². The minimum absolute atomic E-state index is 0.708. The molecule has 3 nitrogen and oxygen atoms in total. The molecule has 24 heavy (non-hydrogen) atoms. The van der Waals surface area contributed by atoms with Crippen molar-refractivity contribution >= 4 is 16.7 Å². The molecule has 1 saturated heterocycles. The molecule has 2 aliphatic rings. The van der Waals surface area contributed by atoms with Crippen LogP contribution in [0.3, 0.4) is 0 Å². The van der Waals surface area contributed by atoms with Crippen molar-refractivity contribution in [2.24, 2.45) is 0 Å². The zero-order valence-corrected chi connectivity index (χ0v) is 15.3. The lowest BCUT2D eigenvalue weighted by atomic mass is 10.0. The van der Waals surface area contributed by atoms with Crippen molar-refractivity contribution in [1.82, 2.24) is 9.88 Å². The van der Waals surface area contributed by atoms with Gasteiger partial charge in [0.1, 0.15) is 5.82 Å². The maximum atomic E-state index is 5.06. The van der Waals surface area contributed by atoms with Crippen molar-refractivity contribution in [1.29, 1.82) is 0 Å². The summed E-state index contributed by atoms with van der Waals surface area (Å²) in [5, 5.41) is 1.35. The molecule has 1 aromatic heterocycles. The van der Waals surface area contributed by atoms with Gasteiger partial charge in [-0.3, -0.25) is 0 Å². The largest absolute Gasteiger partial charge is 0.357 e. The van der Waals surface area contributed by atoms with Crippen molar-refractivity contribution in [2.45, 2.75) is 51.5 Å². The van der Waals surface area contributed by atoms with Gasteiger partial charge in [0.25, 0.3) is 0 Å². The van der Waals surface area contributed by atoms with E-state index in [1.165, 1.54) is 66.4 Å². The number of rotatable bonds is 2. The number of benzene rings is 1. The second-order valence-electron chi connectivity index (χ2n) is 7.82. The van der Waals surface area contributed by atoms with Crippen LogP contribution in [-0.2, 0) is 12.8 Å². The third-order valence-corrected chi connectivity index (χ3v) is 5.97. The van der Waals surface area contributed by atoms with E-state index in [2.05, 4.69) is 49.0 Å². The van der Waals surface area contributed by atoms with Crippen LogP contribution >= 0.6 is 0 Å². The van der Waals surface area contributed by atoms with Crippen LogP contribution in [0.1, 0.15) is 42.4 Å². The molecule has 0 spiro atoms. The van der Waals surface area contributed by atoms with Crippen LogP contribution in [0.4, 0.5) is 5.82 Å². The molecule has 0 N–H and O–H groups in total. The number of hydrogen-bond acceptors (Lipinski definition) is 3. The Bertz CT molecular complexity index is 750. The highest BCUT2D eigenvalue weighted by molar-refractivity contribution is 5.85. The van der Waals surface area contributed by atoms with Crippen LogP contribution in [0.5, 0.6) is 0 Å². The Balaban J connectivity index is 1.66. The van der Waals surface area contributed by atoms with E-state index < -0.39 is 0 Å². The van der Waals surface area contributed by atoms with E-state index in [0.29, 0.717) is 6.04 Å². The maximum Gasteiger partial charge on any atom is 0.129 e. The van der Waals surface area contributed by atoms with Gasteiger partial charge in [0.05, 0.1) is 5.52 Å². The van der Waals surface area contributed by atoms with Crippen molar-refractivity contribution < 1.29 is 0 Å². The first-order valence-electron chi connectivity index (χ1n) is 9.46. The first kappa shape index (κ1) is 15.9. The quantitative estimate of drug-likeness (QED) is 0.834. The summed E-state index contributed by atoms with van der Waals surface area (Å²) in [7, 11) is 4.42. The number of aromatic nitrogens is 1. The molecule has 1 aliphatic heterocycles. The van der Waals surface area contributed by atoms with E-state index in [1.54, 1.807) is 5.56 Å². The normalized spacial score (nSPS) is 21.3. The minimum Gasteiger partial charge on any atom is -0.357 e. The standard InChI is InChI=1S/C21H29N3/c1-15-12-21(24-10-5-8-18(9-11-24)23(2)3)22-20-14-17-7-4-6-16(17)13-19(15)20/h12-14,18H,4-11H2,1-3H3. The summed E-state index contributed by atoms with van der Waals surface area (Å²) in [5.41, 5.74) is 5.64. The van der Waals surface area contributed by atoms with Crippen LogP contribution in [0.25, 0.3) is 10.9 Å². The molecule has 0 amide bonds. The number of anilines is 1. The molecule has 2 aromatic rings. The number of hydrogen-bond donors (Lipinski definition) is 0. The first-order chi connectivity index (χ1) is 11.6. The Morgan fingerprint density at radius 2 is 1.79 bits per heavy atom. The second-order valence-corrected chi connectivity index (χ2v) is 7.82. The molecule has 0 saturated carbocycles. The average Bonchev–Trinajstić information content (AvgIpc) is 2.86. The molecule has 1 aromatic carbocycles. The maximum absolute atomic E-state index is 5.06. The van der Waals surface area contributed by atoms with Crippen molar-refractivity contribution in [3.63, 3.8) is 0 Å². The number of nitrogens with zero attached hydrogens (tertiary/aromatic N) is 3. The highest BCUT2D eigenvalue weighted by Crippen LogP contribution is 2.30. The SMILES string of the molecule is Cc1cc(N2CCCC(N(C)C)CC2)nc2cc3c(cc12)CCC3. The zero-order chi connectivity index (χ0) is 16.7. The average molecular weight is 323 g/mol. The summed E-state index contributed by atoms with van der Waals surface area (Å²) in [4.78, 5) is 9.95. The van der Waals surface area contributed by atoms with Gasteiger partial charge >= 0.3 is 0 Å². The zero-order valence-electron chi connectivity index (χ0n) is 15.3. The Kier molecular flexibility index (Phi) is 4.21. The van der Waals surface area contributed by atoms with E-state index in [0.717, 1.165) is 13.1 Å². The van der Waals surface area contributed by atoms with Crippen LogP contribution in [0.2, 0.25) is 0 Å². The lowest BCUT2D eigenvalue weighted by molar-refractivity contribution is 0.272. The Morgan fingerprint density at radius 1 is 1.00 bits per heavy atom. The third kappa shape index (κ3) is 2.90. The number of pyridine rings is 1. The van der Waals surface area contributed by atoms with Gasteiger partial charge in [-0.15, -0.1) is 0 Å². The highest BCUT2D eigenvalue weighted by atomic mass is 15.2. The van der Waals surface area contributed by atoms with Crippen LogP contribution in [-0.4, -0.2) is 43.1 Å². The molecule has 128 valence electrons. The third-order valence-electron chi connectivity index (χ3n) is 5.97. The Labute approximate surface area is 145 Å². The summed E-state index contributed by atoms with van der Waals surface area (Å²) < 4.78 is 0. The Hall–Kier alpha value is -1.61. The van der Waals surface area contributed by atoms with Gasteiger partial charge in [-0.2, -0.15) is 0 Å². The minimum atomic E-state index is 0.708. The molecule has 1 aliphatic carbocycles. The van der Waals surface area contributed by atoms with E-state index in [-0.39, 0.29) is 0 Å². The van der Waals surface area contributed by atoms with Crippen molar-refractivity contribution in [3.05, 3.63) is 34.9 Å². The van der Waals surface area contributed by atoms with Crippen molar-refractivity contribution in [2.75, 3.05) is 32.1 Å². The van der Waals surface area contributed by atoms with Gasteiger partial charge in [0.2, 0.25) is 0 Å². The fourth-order valence-electron chi connectivity index (χ4n) is 4.43. The monoisotopic (exact) mass is 323 g/mol. The molecule has 0 bridgehead atoms. The van der Waals surface area contributed by atoms with Crippen LogP contribution < -0.4 is 4.90 Å². The molecule has 1 unspecified atom stereocenters. The highest BCUT2D eigenvalue weighted by Gasteiger charge is 2.20. The predicted octanol–water partition coefficient (Wildman–Crippen LogP) is 3.95. The van der Waals surface area contributed by atoms with Gasteiger partial charge in [0, 0.05) is 24.5 Å². The summed E-state index contributed by atoms with van der Waals surface area (Å²) in [5.74, 6) is 1.18. The lowest BCUT2D eigenvalue weighted by Crippen LogP contribution is -2.30. The van der Waals surface area contributed by atoms with Crippen LogP contribution in [0.15, 0.2) is 18.2 Å². The molecule has 3 heteroatoms. The Morgan fingerprint density at radius 3 is 2.58 bits per heavy atom. The summed E-state index contributed by atoms with van der Waals surface area (Å²) in [6, 6.07) is 7.77. The van der Waals surface area contributed by atoms with Crippen LogP contribution in [0, 0.1) is 6.92 Å². The van der Waals surface area contributed by atoms with E-state index in [9.17, 15) is 0 Å². The number of aryl methyl sites for hydroxylation is 3. The molecule has 4 rings (SSSR count). The molecule has 1 fully saturated rings. The van der Waals surface area contributed by atoms with Gasteiger partial charge < -0.3 is 9.80 Å². The summed E-state index contributed by atoms with van der Waals surface area (Å²) in [6.07, 6.45) is 7.55. The second kappa shape index (κ2) is 6.36. The van der Waals surface area contributed by atoms with Gasteiger partial charge in [-0.25, -0.2) is 4.98 Å². The number of fused-ring (bicyclic) bond motifs is 2. The fraction of sp³-hybridized carbons (Fsp3) is 0.571. The van der Waals surface area contributed by atoms with E-state index in [1.807, 2.05) is 0 Å². The predicted molar refractivity (Wildman–Crippen MR) is 102 cm³/mol. The van der Waals surface area contributed by atoms with Gasteiger partial charge in [0.15, 0.2) is 0 Å². The molecular weight excluding hydrogens is 294 g/mol. The van der Waals surface area contributed by atoms with Gasteiger partial charge in [-0.1, -0.05) is 0 Å². The molecular formula is C21H29N3. The molecule has 1 atom stereocenters. The fourth-order valence-corrected chi connectivity index (χ4v) is 4.43. The summed E-state index contributed by atoms with van der Waals surface area (Å²) in [6.45, 7) is 4.49. The first-order valence-corrected chi connectivity index (χ1v) is 9.46. The summed E-state index contributed by atoms with van der Waals surface area (Å²) >= 11 is 0. The topological polar surface area (TPSA) is 19.4 Å². The molecule has 2 heterocycles. The smallest absolute Gasteiger partial charge is 0.129 e. The molecule has 0 radical (unpaired) electrons. The lowest BCUT2D eigenvalue weighted by Gasteiger charge is -2.24. The van der Waals surface area contributed by atoms with Crippen molar-refractivity contribution in [3.8, 4) is 0 Å². The van der Waals surface area contributed by atoms with E-state index >= 15 is 0 Å². The van der Waals surface area contributed by atoms with Gasteiger partial charge in [-0.05, 0) is 94.4 Å².